The van der Waals surface area contributed by atoms with Crippen LogP contribution < -0.4 is 24.8 Å². The first-order valence-electron chi connectivity index (χ1n) is 14.4. The lowest BCUT2D eigenvalue weighted by atomic mass is 10.0. The van der Waals surface area contributed by atoms with Gasteiger partial charge in [0.2, 0.25) is 0 Å². The van der Waals surface area contributed by atoms with Crippen molar-refractivity contribution in [3.05, 3.63) is 48.4 Å². The molecular formula is C31H39FN4O4. The molecular weight excluding hydrogens is 511 g/mol. The van der Waals surface area contributed by atoms with Crippen LogP contribution >= 0.6 is 0 Å². The molecule has 3 aromatic rings. The lowest BCUT2D eigenvalue weighted by Crippen LogP contribution is -2.33. The van der Waals surface area contributed by atoms with Crippen molar-refractivity contribution < 1.29 is 23.4 Å². The number of aromatic nitrogens is 1. The average Bonchev–Trinajstić information content (AvgIpc) is 3.48. The number of amides is 2. The molecule has 1 saturated carbocycles. The van der Waals surface area contributed by atoms with E-state index in [0.29, 0.717) is 52.9 Å². The highest BCUT2D eigenvalue weighted by Gasteiger charge is 2.17. The second-order valence-electron chi connectivity index (χ2n) is 10.6. The van der Waals surface area contributed by atoms with Gasteiger partial charge in [-0.15, -0.1) is 0 Å². The number of piperidine rings is 1. The van der Waals surface area contributed by atoms with Crippen molar-refractivity contribution in [2.24, 2.45) is 5.92 Å². The predicted molar refractivity (Wildman–Crippen MR) is 154 cm³/mol. The van der Waals surface area contributed by atoms with E-state index in [2.05, 4.69) is 20.5 Å². The highest BCUT2D eigenvalue weighted by molar-refractivity contribution is 5.90. The van der Waals surface area contributed by atoms with Gasteiger partial charge in [-0.3, -0.25) is 9.88 Å². The number of urea groups is 1. The van der Waals surface area contributed by atoms with E-state index in [1.165, 1.54) is 57.1 Å². The molecule has 9 heteroatoms. The number of methoxy groups -OCH3 is 1. The summed E-state index contributed by atoms with van der Waals surface area (Å²) in [5, 5.41) is 6.23. The minimum Gasteiger partial charge on any atom is -0.493 e. The van der Waals surface area contributed by atoms with E-state index in [4.69, 9.17) is 14.2 Å². The maximum atomic E-state index is 15.0. The number of nitrogens with zero attached hydrogens (tertiary/aromatic N) is 2. The Bertz CT molecular complexity index is 1290. The van der Waals surface area contributed by atoms with Gasteiger partial charge in [-0.25, -0.2) is 9.18 Å². The van der Waals surface area contributed by atoms with E-state index in [-0.39, 0.29) is 11.8 Å². The zero-order valence-electron chi connectivity index (χ0n) is 23.2. The number of anilines is 1. The molecule has 5 rings (SSSR count). The summed E-state index contributed by atoms with van der Waals surface area (Å²) >= 11 is 0. The molecule has 1 aliphatic carbocycles. The van der Waals surface area contributed by atoms with E-state index < -0.39 is 5.82 Å². The summed E-state index contributed by atoms with van der Waals surface area (Å²) in [5.41, 5.74) is 1.01. The summed E-state index contributed by atoms with van der Waals surface area (Å²) in [4.78, 5) is 19.1. The maximum Gasteiger partial charge on any atom is 0.319 e. The number of carbonyl (C=O) groups excluding carboxylic acids is 1. The summed E-state index contributed by atoms with van der Waals surface area (Å²) in [7, 11) is 1.59. The van der Waals surface area contributed by atoms with Crippen LogP contribution in [-0.2, 0) is 0 Å². The first-order valence-corrected chi connectivity index (χ1v) is 14.4. The van der Waals surface area contributed by atoms with Crippen LogP contribution in [0.5, 0.6) is 23.0 Å². The largest absolute Gasteiger partial charge is 0.493 e. The van der Waals surface area contributed by atoms with Crippen molar-refractivity contribution in [1.82, 2.24) is 15.2 Å². The molecule has 2 heterocycles. The number of carbonyl (C=O) groups is 1. The van der Waals surface area contributed by atoms with Gasteiger partial charge in [0.15, 0.2) is 23.1 Å². The molecule has 0 radical (unpaired) electrons. The molecule has 0 spiro atoms. The zero-order chi connectivity index (χ0) is 27.7. The number of rotatable bonds is 11. The quantitative estimate of drug-likeness (QED) is 0.275. The van der Waals surface area contributed by atoms with Crippen molar-refractivity contribution in [2.75, 3.05) is 45.2 Å². The van der Waals surface area contributed by atoms with Crippen LogP contribution in [0, 0.1) is 11.7 Å². The van der Waals surface area contributed by atoms with Gasteiger partial charge in [-0.2, -0.15) is 0 Å². The summed E-state index contributed by atoms with van der Waals surface area (Å²) in [6.45, 7) is 4.26. The highest BCUT2D eigenvalue weighted by atomic mass is 19.1. The standard InChI is InChI=1S/C31H39FN4O4/c1-38-29-20-24-26(21-30(29)39-18-17-36-15-5-2-6-16-36)33-14-12-27(24)40-28-10-9-23(19-25(28)32)35-31(37)34-13-11-22-7-3-4-8-22/h9-10,12,14,19-22H,2-8,11,13,15-18H2,1H3,(H2,34,35,37). The van der Waals surface area contributed by atoms with Gasteiger partial charge in [-0.05, 0) is 62.5 Å². The molecule has 2 amide bonds. The Hall–Kier alpha value is -3.59. The van der Waals surface area contributed by atoms with Crippen LogP contribution in [0.25, 0.3) is 10.9 Å². The fourth-order valence-electron chi connectivity index (χ4n) is 5.60. The maximum absolute atomic E-state index is 15.0. The molecule has 0 atom stereocenters. The van der Waals surface area contributed by atoms with Crippen LogP contribution in [0.4, 0.5) is 14.9 Å². The Morgan fingerprint density at radius 3 is 2.60 bits per heavy atom. The second kappa shape index (κ2) is 13.7. The smallest absolute Gasteiger partial charge is 0.319 e. The monoisotopic (exact) mass is 550 g/mol. The highest BCUT2D eigenvalue weighted by Crippen LogP contribution is 2.38. The summed E-state index contributed by atoms with van der Waals surface area (Å²) in [5.74, 6) is 1.76. The molecule has 2 aromatic carbocycles. The molecule has 8 nitrogen and oxygen atoms in total. The van der Waals surface area contributed by atoms with E-state index in [1.807, 2.05) is 6.07 Å². The van der Waals surface area contributed by atoms with Gasteiger partial charge in [0, 0.05) is 42.5 Å². The van der Waals surface area contributed by atoms with Gasteiger partial charge in [-0.1, -0.05) is 32.1 Å². The first kappa shape index (κ1) is 28.0. The van der Waals surface area contributed by atoms with Gasteiger partial charge < -0.3 is 24.8 Å². The SMILES string of the molecule is COc1cc2c(Oc3ccc(NC(=O)NCCC4CCCC4)cc3F)ccnc2cc1OCCN1CCCCC1. The first-order chi connectivity index (χ1) is 19.6. The lowest BCUT2D eigenvalue weighted by molar-refractivity contribution is 0.181. The molecule has 1 saturated heterocycles. The van der Waals surface area contributed by atoms with Crippen molar-refractivity contribution in [2.45, 2.75) is 51.4 Å². The van der Waals surface area contributed by atoms with Gasteiger partial charge >= 0.3 is 6.03 Å². The van der Waals surface area contributed by atoms with Crippen LogP contribution in [0.2, 0.25) is 0 Å². The number of ether oxygens (including phenoxy) is 3. The third kappa shape index (κ3) is 7.33. The predicted octanol–water partition coefficient (Wildman–Crippen LogP) is 6.74. The summed E-state index contributed by atoms with van der Waals surface area (Å²) in [6, 6.07) is 9.35. The Morgan fingerprint density at radius 1 is 1.00 bits per heavy atom. The van der Waals surface area contributed by atoms with Crippen LogP contribution in [0.3, 0.4) is 0 Å². The Balaban J connectivity index is 1.21. The molecule has 214 valence electrons. The third-order valence-electron chi connectivity index (χ3n) is 7.82. The average molecular weight is 551 g/mol. The Labute approximate surface area is 235 Å². The number of fused-ring (bicyclic) bond motifs is 1. The van der Waals surface area contributed by atoms with Crippen LogP contribution in [-0.4, -0.2) is 55.8 Å². The normalized spacial score (nSPS) is 16.1. The lowest BCUT2D eigenvalue weighted by Gasteiger charge is -2.26. The van der Waals surface area contributed by atoms with Crippen molar-refractivity contribution in [3.63, 3.8) is 0 Å². The Morgan fingerprint density at radius 2 is 1.82 bits per heavy atom. The van der Waals surface area contributed by atoms with Gasteiger partial charge in [0.1, 0.15) is 12.4 Å². The number of benzene rings is 2. The second-order valence-corrected chi connectivity index (χ2v) is 10.6. The molecule has 2 aliphatic rings. The van der Waals surface area contributed by atoms with Crippen molar-refractivity contribution >= 4 is 22.6 Å². The van der Waals surface area contributed by atoms with E-state index >= 15 is 0 Å². The number of halogens is 1. The number of nitrogens with one attached hydrogen (secondary N) is 2. The molecule has 0 unspecified atom stereocenters. The van der Waals surface area contributed by atoms with Crippen LogP contribution in [0.1, 0.15) is 51.4 Å². The van der Waals surface area contributed by atoms with Gasteiger partial charge in [0.25, 0.3) is 0 Å². The van der Waals surface area contributed by atoms with Crippen LogP contribution in [0.15, 0.2) is 42.6 Å². The topological polar surface area (TPSA) is 85.0 Å². The molecule has 0 bridgehead atoms. The molecule has 2 N–H and O–H groups in total. The molecule has 40 heavy (non-hydrogen) atoms. The van der Waals surface area contributed by atoms with Crippen molar-refractivity contribution in [1.29, 1.82) is 0 Å². The minimum atomic E-state index is -0.585. The third-order valence-corrected chi connectivity index (χ3v) is 7.82. The van der Waals surface area contributed by atoms with E-state index in [0.717, 1.165) is 26.1 Å². The van der Waals surface area contributed by atoms with E-state index in [1.54, 1.807) is 31.5 Å². The van der Waals surface area contributed by atoms with E-state index in [9.17, 15) is 9.18 Å². The molecule has 1 aliphatic heterocycles. The number of hydrogen-bond acceptors (Lipinski definition) is 6. The number of likely N-dealkylation sites (tertiary alicyclic amines) is 1. The van der Waals surface area contributed by atoms with Gasteiger partial charge in [0.05, 0.1) is 12.6 Å². The van der Waals surface area contributed by atoms with Crippen molar-refractivity contribution in [3.8, 4) is 23.0 Å². The summed E-state index contributed by atoms with van der Waals surface area (Å²) < 4.78 is 32.6. The zero-order valence-corrected chi connectivity index (χ0v) is 23.2. The number of pyridine rings is 1. The molecule has 2 fully saturated rings. The Kier molecular flexibility index (Phi) is 9.54. The number of hydrogen-bond donors (Lipinski definition) is 2. The fraction of sp³-hybridized carbons (Fsp3) is 0.484. The summed E-state index contributed by atoms with van der Waals surface area (Å²) in [6.07, 6.45) is 11.4. The molecule has 1 aromatic heterocycles. The fourth-order valence-corrected chi connectivity index (χ4v) is 5.60. The minimum absolute atomic E-state index is 0.0421.